The summed E-state index contributed by atoms with van der Waals surface area (Å²) in [5.41, 5.74) is 4.29. The minimum absolute atomic E-state index is 0.469. The monoisotopic (exact) mass is 334 g/mol. The Bertz CT molecular complexity index is 949. The average Bonchev–Trinajstić information content (AvgIpc) is 2.95. The van der Waals surface area contributed by atoms with Crippen LogP contribution in [-0.2, 0) is 0 Å². The zero-order valence-electron chi connectivity index (χ0n) is 13.6. The first-order chi connectivity index (χ1) is 11.6. The Kier molecular flexibility index (Phi) is 4.82. The Morgan fingerprint density at radius 1 is 1.12 bits per heavy atom. The van der Waals surface area contributed by atoms with Crippen molar-refractivity contribution in [2.45, 2.75) is 13.8 Å². The van der Waals surface area contributed by atoms with Gasteiger partial charge in [0, 0.05) is 5.56 Å². The average molecular weight is 334 g/mol. The number of hydrogen-bond acceptors (Lipinski definition) is 3. The number of hydrogen-bond donors (Lipinski definition) is 1. The van der Waals surface area contributed by atoms with Crippen LogP contribution in [0.3, 0.4) is 0 Å². The topological polar surface area (TPSA) is 46.0 Å². The summed E-state index contributed by atoms with van der Waals surface area (Å²) in [7, 11) is 0. The lowest BCUT2D eigenvalue weighted by atomic mass is 10.1. The highest BCUT2D eigenvalue weighted by Crippen LogP contribution is 2.21. The molecule has 1 aromatic heterocycles. The molecule has 0 aliphatic carbocycles. The third-order valence-corrected chi connectivity index (χ3v) is 3.87. The number of aryl methyl sites for hydroxylation is 1. The van der Waals surface area contributed by atoms with Crippen LogP contribution in [-0.4, -0.2) is 21.1 Å². The quantitative estimate of drug-likeness (QED) is 0.547. The van der Waals surface area contributed by atoms with E-state index in [-0.39, 0.29) is 0 Å². The van der Waals surface area contributed by atoms with Gasteiger partial charge in [0.15, 0.2) is 5.82 Å². The van der Waals surface area contributed by atoms with Gasteiger partial charge in [-0.2, -0.15) is 14.9 Å². The second-order valence-electron chi connectivity index (χ2n) is 5.52. The first-order valence-electron chi connectivity index (χ1n) is 7.66. The molecule has 5 heteroatoms. The Balaban J connectivity index is 1.94. The van der Waals surface area contributed by atoms with E-state index in [0.717, 1.165) is 22.3 Å². The molecule has 0 aliphatic rings. The highest BCUT2D eigenvalue weighted by atomic mass is 32.1. The number of rotatable bonds is 4. The van der Waals surface area contributed by atoms with Crippen molar-refractivity contribution >= 4 is 24.5 Å². The van der Waals surface area contributed by atoms with E-state index in [9.17, 15) is 0 Å². The molecule has 0 saturated carbocycles. The standard InChI is InChI=1S/C19H18N4S/c1-14(12-16-9-4-3-5-10-16)13-20-23-18(21-22-19(23)24)17-11-7-6-8-15(17)2/h3-13H,1-2H3,(H,22,24)/b14-12+,20-13?. The van der Waals surface area contributed by atoms with Gasteiger partial charge in [-0.15, -0.1) is 0 Å². The van der Waals surface area contributed by atoms with Crippen LogP contribution in [0, 0.1) is 11.7 Å². The second-order valence-corrected chi connectivity index (χ2v) is 5.91. The van der Waals surface area contributed by atoms with Crippen molar-refractivity contribution in [3.63, 3.8) is 0 Å². The SMILES string of the molecule is C/C(C=Nn1c(-c2ccccc2C)n[nH]c1=S)=C\c1ccccc1. The normalized spacial score (nSPS) is 12.0. The molecule has 4 nitrogen and oxygen atoms in total. The van der Waals surface area contributed by atoms with Gasteiger partial charge in [-0.25, -0.2) is 5.10 Å². The summed E-state index contributed by atoms with van der Waals surface area (Å²) in [5.74, 6) is 0.710. The number of allylic oxidation sites excluding steroid dienone is 1. The second kappa shape index (κ2) is 7.19. The molecule has 0 bridgehead atoms. The van der Waals surface area contributed by atoms with Crippen LogP contribution < -0.4 is 0 Å². The molecular weight excluding hydrogens is 316 g/mol. The highest BCUT2D eigenvalue weighted by molar-refractivity contribution is 7.71. The maximum absolute atomic E-state index is 5.31. The molecule has 0 fully saturated rings. The lowest BCUT2D eigenvalue weighted by Crippen LogP contribution is -1.96. The molecule has 3 aromatic rings. The summed E-state index contributed by atoms with van der Waals surface area (Å²) in [6, 6.07) is 18.2. The zero-order valence-corrected chi connectivity index (χ0v) is 14.4. The van der Waals surface area contributed by atoms with Gasteiger partial charge in [0.1, 0.15) is 0 Å². The molecule has 3 rings (SSSR count). The summed E-state index contributed by atoms with van der Waals surface area (Å²) < 4.78 is 2.12. The molecule has 2 aromatic carbocycles. The number of aromatic amines is 1. The Morgan fingerprint density at radius 3 is 2.58 bits per heavy atom. The van der Waals surface area contributed by atoms with Crippen molar-refractivity contribution in [2.75, 3.05) is 0 Å². The molecule has 0 aliphatic heterocycles. The van der Waals surface area contributed by atoms with Crippen LogP contribution in [0.1, 0.15) is 18.1 Å². The molecule has 0 unspecified atom stereocenters. The van der Waals surface area contributed by atoms with E-state index in [1.807, 2.05) is 56.3 Å². The number of H-pyrrole nitrogens is 1. The van der Waals surface area contributed by atoms with Gasteiger partial charge < -0.3 is 0 Å². The number of nitrogens with zero attached hydrogens (tertiary/aromatic N) is 3. The summed E-state index contributed by atoms with van der Waals surface area (Å²) in [4.78, 5) is 0. The van der Waals surface area contributed by atoms with Crippen LogP contribution >= 0.6 is 12.2 Å². The van der Waals surface area contributed by atoms with E-state index in [0.29, 0.717) is 10.6 Å². The van der Waals surface area contributed by atoms with Crippen LogP contribution in [0.4, 0.5) is 0 Å². The van der Waals surface area contributed by atoms with Crippen LogP contribution in [0.15, 0.2) is 65.3 Å². The Hall–Kier alpha value is -2.79. The molecule has 1 heterocycles. The molecule has 0 spiro atoms. The lowest BCUT2D eigenvalue weighted by molar-refractivity contribution is 0.870. The molecule has 1 N–H and O–H groups in total. The van der Waals surface area contributed by atoms with Gasteiger partial charge in [0.25, 0.3) is 0 Å². The van der Waals surface area contributed by atoms with Gasteiger partial charge in [0.05, 0.1) is 6.21 Å². The number of aromatic nitrogens is 3. The van der Waals surface area contributed by atoms with Crippen LogP contribution in [0.25, 0.3) is 17.5 Å². The van der Waals surface area contributed by atoms with Gasteiger partial charge in [-0.3, -0.25) is 0 Å². The third-order valence-electron chi connectivity index (χ3n) is 3.61. The van der Waals surface area contributed by atoms with Crippen molar-refractivity contribution in [1.82, 2.24) is 14.9 Å². The first kappa shape index (κ1) is 16.1. The predicted octanol–water partition coefficient (Wildman–Crippen LogP) is 4.85. The van der Waals surface area contributed by atoms with Crippen molar-refractivity contribution in [2.24, 2.45) is 5.10 Å². The Labute approximate surface area is 146 Å². The smallest absolute Gasteiger partial charge is 0.216 e. The predicted molar refractivity (Wildman–Crippen MR) is 102 cm³/mol. The van der Waals surface area contributed by atoms with Crippen molar-refractivity contribution in [3.8, 4) is 11.4 Å². The van der Waals surface area contributed by atoms with Crippen molar-refractivity contribution in [3.05, 3.63) is 76.1 Å². The molecule has 120 valence electrons. The van der Waals surface area contributed by atoms with Crippen molar-refractivity contribution in [1.29, 1.82) is 0 Å². The van der Waals surface area contributed by atoms with E-state index in [1.54, 1.807) is 10.9 Å². The third kappa shape index (κ3) is 3.58. The van der Waals surface area contributed by atoms with Crippen LogP contribution in [0.5, 0.6) is 0 Å². The summed E-state index contributed by atoms with van der Waals surface area (Å²) in [6.45, 7) is 4.05. The van der Waals surface area contributed by atoms with E-state index in [2.05, 4.69) is 33.5 Å². The number of benzene rings is 2. The summed E-state index contributed by atoms with van der Waals surface area (Å²) in [6.07, 6.45) is 3.86. The molecule has 0 amide bonds. The molecule has 0 radical (unpaired) electrons. The fourth-order valence-corrected chi connectivity index (χ4v) is 2.57. The van der Waals surface area contributed by atoms with Gasteiger partial charge >= 0.3 is 0 Å². The summed E-state index contributed by atoms with van der Waals surface area (Å²) >= 11 is 5.31. The van der Waals surface area contributed by atoms with Gasteiger partial charge in [-0.05, 0) is 42.8 Å². The zero-order chi connectivity index (χ0) is 16.9. The minimum Gasteiger partial charge on any atom is -0.250 e. The fraction of sp³-hybridized carbons (Fsp3) is 0.105. The highest BCUT2D eigenvalue weighted by Gasteiger charge is 2.09. The maximum atomic E-state index is 5.31. The van der Waals surface area contributed by atoms with Gasteiger partial charge in [0.2, 0.25) is 4.77 Å². The maximum Gasteiger partial charge on any atom is 0.216 e. The molecule has 24 heavy (non-hydrogen) atoms. The lowest BCUT2D eigenvalue weighted by Gasteiger charge is -2.04. The molecular formula is C19H18N4S. The largest absolute Gasteiger partial charge is 0.250 e. The van der Waals surface area contributed by atoms with E-state index in [4.69, 9.17) is 12.2 Å². The summed E-state index contributed by atoms with van der Waals surface area (Å²) in [5, 5.41) is 11.6. The van der Waals surface area contributed by atoms with Crippen LogP contribution in [0.2, 0.25) is 0 Å². The van der Waals surface area contributed by atoms with Gasteiger partial charge in [-0.1, -0.05) is 60.7 Å². The van der Waals surface area contributed by atoms with Crippen molar-refractivity contribution < 1.29 is 0 Å². The molecule has 0 atom stereocenters. The van der Waals surface area contributed by atoms with E-state index in [1.165, 1.54) is 0 Å². The number of nitrogens with one attached hydrogen (secondary N) is 1. The van der Waals surface area contributed by atoms with E-state index < -0.39 is 0 Å². The molecule has 0 saturated heterocycles. The van der Waals surface area contributed by atoms with E-state index >= 15 is 0 Å². The first-order valence-corrected chi connectivity index (χ1v) is 8.07. The Morgan fingerprint density at radius 2 is 1.83 bits per heavy atom. The fourth-order valence-electron chi connectivity index (χ4n) is 2.40. The minimum atomic E-state index is 0.469.